The Morgan fingerprint density at radius 3 is 2.63 bits per heavy atom. The molecule has 1 atom stereocenters. The maximum atomic E-state index is 12.9. The minimum atomic E-state index is -0.187. The molecule has 0 saturated carbocycles. The van der Waals surface area contributed by atoms with Crippen molar-refractivity contribution in [3.05, 3.63) is 50.9 Å². The first-order chi connectivity index (χ1) is 9.20. The SMILES string of the molecule is CCNC(CSc1ccc(F)cc1)c1cscc1Br. The van der Waals surface area contributed by atoms with Crippen molar-refractivity contribution in [1.29, 1.82) is 0 Å². The molecule has 5 heteroatoms. The first-order valence-electron chi connectivity index (χ1n) is 6.04. The van der Waals surface area contributed by atoms with E-state index in [0.717, 1.165) is 21.7 Å². The van der Waals surface area contributed by atoms with Gasteiger partial charge in [0.15, 0.2) is 0 Å². The number of rotatable bonds is 6. The molecule has 0 aliphatic heterocycles. The highest BCUT2D eigenvalue weighted by Gasteiger charge is 2.14. The Balaban J connectivity index is 2.01. The highest BCUT2D eigenvalue weighted by molar-refractivity contribution is 9.10. The van der Waals surface area contributed by atoms with Crippen LogP contribution < -0.4 is 5.32 Å². The van der Waals surface area contributed by atoms with E-state index in [1.807, 2.05) is 12.1 Å². The molecule has 0 amide bonds. The molecule has 1 N–H and O–H groups in total. The fourth-order valence-corrected chi connectivity index (χ4v) is 4.37. The van der Waals surface area contributed by atoms with Crippen molar-refractivity contribution < 1.29 is 4.39 Å². The Hall–Kier alpha value is -0.360. The number of benzene rings is 1. The number of thiophene rings is 1. The van der Waals surface area contributed by atoms with E-state index in [4.69, 9.17) is 0 Å². The number of halogens is 2. The predicted molar refractivity (Wildman–Crippen MR) is 85.6 cm³/mol. The van der Waals surface area contributed by atoms with Gasteiger partial charge in [-0.2, -0.15) is 11.3 Å². The van der Waals surface area contributed by atoms with Crippen LogP contribution in [-0.2, 0) is 0 Å². The van der Waals surface area contributed by atoms with Gasteiger partial charge >= 0.3 is 0 Å². The van der Waals surface area contributed by atoms with Crippen LogP contribution in [0.2, 0.25) is 0 Å². The Labute approximate surface area is 129 Å². The lowest BCUT2D eigenvalue weighted by Crippen LogP contribution is -2.22. The normalized spacial score (nSPS) is 12.6. The molecule has 2 rings (SSSR count). The van der Waals surface area contributed by atoms with Crippen LogP contribution in [0.25, 0.3) is 0 Å². The zero-order chi connectivity index (χ0) is 13.7. The van der Waals surface area contributed by atoms with Gasteiger partial charge < -0.3 is 5.32 Å². The molecule has 0 bridgehead atoms. The molecule has 0 saturated heterocycles. The van der Waals surface area contributed by atoms with Crippen LogP contribution in [0, 0.1) is 5.82 Å². The van der Waals surface area contributed by atoms with Gasteiger partial charge in [0.2, 0.25) is 0 Å². The van der Waals surface area contributed by atoms with E-state index in [1.165, 1.54) is 17.7 Å². The van der Waals surface area contributed by atoms with Crippen LogP contribution >= 0.6 is 39.0 Å². The van der Waals surface area contributed by atoms with Crippen molar-refractivity contribution in [3.8, 4) is 0 Å². The van der Waals surface area contributed by atoms with E-state index < -0.39 is 0 Å². The summed E-state index contributed by atoms with van der Waals surface area (Å²) in [7, 11) is 0. The molecule has 102 valence electrons. The standard InChI is InChI=1S/C14H15BrFNS2/c1-2-17-14(12-7-18-8-13(12)15)9-19-11-5-3-10(16)4-6-11/h3-8,14,17H,2,9H2,1H3. The number of thioether (sulfide) groups is 1. The molecule has 0 aliphatic rings. The van der Waals surface area contributed by atoms with Gasteiger partial charge in [-0.05, 0) is 57.7 Å². The summed E-state index contributed by atoms with van der Waals surface area (Å²) in [5.74, 6) is 0.739. The fraction of sp³-hybridized carbons (Fsp3) is 0.286. The van der Waals surface area contributed by atoms with Gasteiger partial charge in [-0.1, -0.05) is 6.92 Å². The van der Waals surface area contributed by atoms with E-state index in [9.17, 15) is 4.39 Å². The monoisotopic (exact) mass is 359 g/mol. The maximum Gasteiger partial charge on any atom is 0.123 e. The number of nitrogens with one attached hydrogen (secondary N) is 1. The lowest BCUT2D eigenvalue weighted by atomic mass is 10.2. The van der Waals surface area contributed by atoms with E-state index in [0.29, 0.717) is 6.04 Å². The first-order valence-corrected chi connectivity index (χ1v) is 8.76. The molecule has 1 aromatic heterocycles. The summed E-state index contributed by atoms with van der Waals surface area (Å²) in [6, 6.07) is 6.97. The zero-order valence-corrected chi connectivity index (χ0v) is 13.7. The molecule has 0 aliphatic carbocycles. The summed E-state index contributed by atoms with van der Waals surface area (Å²) in [6.45, 7) is 3.03. The van der Waals surface area contributed by atoms with Gasteiger partial charge in [0.1, 0.15) is 5.82 Å². The highest BCUT2D eigenvalue weighted by Crippen LogP contribution is 2.31. The minimum Gasteiger partial charge on any atom is -0.309 e. The minimum absolute atomic E-state index is 0.187. The molecular weight excluding hydrogens is 345 g/mol. The van der Waals surface area contributed by atoms with Gasteiger partial charge in [0, 0.05) is 26.5 Å². The second-order valence-electron chi connectivity index (χ2n) is 4.05. The lowest BCUT2D eigenvalue weighted by Gasteiger charge is -2.17. The quantitative estimate of drug-likeness (QED) is 0.720. The highest BCUT2D eigenvalue weighted by atomic mass is 79.9. The third-order valence-corrected chi connectivity index (χ3v) is 5.56. The summed E-state index contributed by atoms with van der Waals surface area (Å²) in [5.41, 5.74) is 1.29. The van der Waals surface area contributed by atoms with Crippen molar-refractivity contribution in [2.75, 3.05) is 12.3 Å². The molecule has 1 heterocycles. The summed E-state index contributed by atoms with van der Waals surface area (Å²) in [5, 5.41) is 7.76. The zero-order valence-electron chi connectivity index (χ0n) is 10.5. The molecule has 19 heavy (non-hydrogen) atoms. The maximum absolute atomic E-state index is 12.9. The first kappa shape index (κ1) is 15.0. The molecule has 1 aromatic carbocycles. The predicted octanol–water partition coefficient (Wildman–Crippen LogP) is 5.09. The summed E-state index contributed by atoms with van der Waals surface area (Å²) in [6.07, 6.45) is 0. The molecule has 0 fully saturated rings. The van der Waals surface area contributed by atoms with Gasteiger partial charge in [-0.25, -0.2) is 4.39 Å². The van der Waals surface area contributed by atoms with Crippen molar-refractivity contribution in [1.82, 2.24) is 5.32 Å². The fourth-order valence-electron chi connectivity index (χ4n) is 1.76. The molecular formula is C14H15BrFNS2. The Morgan fingerprint density at radius 1 is 1.32 bits per heavy atom. The number of hydrogen-bond acceptors (Lipinski definition) is 3. The van der Waals surface area contributed by atoms with Crippen molar-refractivity contribution >= 4 is 39.0 Å². The van der Waals surface area contributed by atoms with E-state index in [2.05, 4.69) is 38.9 Å². The molecule has 1 unspecified atom stereocenters. The van der Waals surface area contributed by atoms with Crippen molar-refractivity contribution in [2.24, 2.45) is 0 Å². The van der Waals surface area contributed by atoms with Crippen molar-refractivity contribution in [2.45, 2.75) is 17.9 Å². The average Bonchev–Trinajstić information content (AvgIpc) is 2.83. The van der Waals surface area contributed by atoms with Crippen LogP contribution in [0.3, 0.4) is 0 Å². The molecule has 0 spiro atoms. The van der Waals surface area contributed by atoms with Crippen LogP contribution in [0.1, 0.15) is 18.5 Å². The lowest BCUT2D eigenvalue weighted by molar-refractivity contribution is 0.605. The van der Waals surface area contributed by atoms with Gasteiger partial charge in [-0.15, -0.1) is 11.8 Å². The van der Waals surface area contributed by atoms with E-state index in [1.54, 1.807) is 23.1 Å². The van der Waals surface area contributed by atoms with Crippen LogP contribution in [-0.4, -0.2) is 12.3 Å². The van der Waals surface area contributed by atoms with Crippen LogP contribution in [0.5, 0.6) is 0 Å². The average molecular weight is 360 g/mol. The third kappa shape index (κ3) is 4.31. The summed E-state index contributed by atoms with van der Waals surface area (Å²) in [4.78, 5) is 1.09. The Morgan fingerprint density at radius 2 is 2.05 bits per heavy atom. The van der Waals surface area contributed by atoms with Crippen LogP contribution in [0.15, 0.2) is 44.4 Å². The Bertz CT molecular complexity index is 512. The largest absolute Gasteiger partial charge is 0.309 e. The van der Waals surface area contributed by atoms with Crippen LogP contribution in [0.4, 0.5) is 4.39 Å². The Kier molecular flexibility index (Phi) is 5.88. The van der Waals surface area contributed by atoms with Gasteiger partial charge in [-0.3, -0.25) is 0 Å². The smallest absolute Gasteiger partial charge is 0.123 e. The second-order valence-corrected chi connectivity index (χ2v) is 6.74. The molecule has 1 nitrogen and oxygen atoms in total. The molecule has 2 aromatic rings. The molecule has 0 radical (unpaired) electrons. The third-order valence-electron chi connectivity index (χ3n) is 2.70. The van der Waals surface area contributed by atoms with Crippen molar-refractivity contribution in [3.63, 3.8) is 0 Å². The number of hydrogen-bond donors (Lipinski definition) is 1. The van der Waals surface area contributed by atoms with E-state index in [-0.39, 0.29) is 5.82 Å². The van der Waals surface area contributed by atoms with Gasteiger partial charge in [0.25, 0.3) is 0 Å². The van der Waals surface area contributed by atoms with E-state index >= 15 is 0 Å². The topological polar surface area (TPSA) is 12.0 Å². The summed E-state index contributed by atoms with van der Waals surface area (Å²) < 4.78 is 14.0. The van der Waals surface area contributed by atoms with Gasteiger partial charge in [0.05, 0.1) is 0 Å². The second kappa shape index (κ2) is 7.43. The summed E-state index contributed by atoms with van der Waals surface area (Å²) >= 11 is 7.02.